The molecule has 1 saturated heterocycles. The molecule has 1 aliphatic heterocycles. The fourth-order valence-electron chi connectivity index (χ4n) is 2.85. The molecule has 6 heteroatoms. The van der Waals surface area contributed by atoms with E-state index in [0.29, 0.717) is 16.1 Å². The zero-order valence-corrected chi connectivity index (χ0v) is 13.8. The van der Waals surface area contributed by atoms with Gasteiger partial charge in [0.15, 0.2) is 0 Å². The van der Waals surface area contributed by atoms with Crippen molar-refractivity contribution in [2.75, 3.05) is 25.4 Å². The number of piperidine rings is 1. The molecule has 1 aromatic rings. The Bertz CT molecular complexity index is 614. The molecule has 3 N–H and O–H groups in total. The highest BCUT2D eigenvalue weighted by molar-refractivity contribution is 7.89. The predicted molar refractivity (Wildman–Crippen MR) is 85.8 cm³/mol. The van der Waals surface area contributed by atoms with Gasteiger partial charge in [-0.25, -0.2) is 13.1 Å². The lowest BCUT2D eigenvalue weighted by atomic mass is 10.1. The minimum Gasteiger partial charge on any atom is -0.398 e. The molecular weight excluding hydrogens is 286 g/mol. The van der Waals surface area contributed by atoms with Gasteiger partial charge in [-0.1, -0.05) is 6.92 Å². The number of likely N-dealkylation sites (tertiary alicyclic amines) is 1. The number of hydrogen-bond donors (Lipinski definition) is 2. The molecule has 0 aliphatic carbocycles. The van der Waals surface area contributed by atoms with Gasteiger partial charge in [-0.3, -0.25) is 0 Å². The summed E-state index contributed by atoms with van der Waals surface area (Å²) >= 11 is 0. The highest BCUT2D eigenvalue weighted by Crippen LogP contribution is 2.24. The standard InChI is InChI=1S/C15H25N3O2S/c1-4-18-7-5-6-13(10-18)17-21(19,20)15-9-11(2)8-14(16)12(15)3/h8-9,13,17H,4-7,10,16H2,1-3H3. The number of anilines is 1. The first kappa shape index (κ1) is 16.3. The van der Waals surface area contributed by atoms with E-state index in [1.165, 1.54) is 0 Å². The number of nitrogens with two attached hydrogens (primary N) is 1. The first-order valence-electron chi connectivity index (χ1n) is 7.45. The van der Waals surface area contributed by atoms with Gasteiger partial charge in [0.2, 0.25) is 10.0 Å². The number of sulfonamides is 1. The van der Waals surface area contributed by atoms with Crippen LogP contribution >= 0.6 is 0 Å². The Morgan fingerprint density at radius 3 is 2.76 bits per heavy atom. The molecule has 1 heterocycles. The number of rotatable bonds is 4. The molecule has 21 heavy (non-hydrogen) atoms. The first-order valence-corrected chi connectivity index (χ1v) is 8.93. The van der Waals surface area contributed by atoms with E-state index in [1.807, 2.05) is 6.92 Å². The van der Waals surface area contributed by atoms with Gasteiger partial charge in [-0.2, -0.15) is 0 Å². The van der Waals surface area contributed by atoms with E-state index < -0.39 is 10.0 Å². The molecule has 5 nitrogen and oxygen atoms in total. The smallest absolute Gasteiger partial charge is 0.241 e. The summed E-state index contributed by atoms with van der Waals surface area (Å²) in [6.07, 6.45) is 1.91. The van der Waals surface area contributed by atoms with Gasteiger partial charge < -0.3 is 10.6 Å². The van der Waals surface area contributed by atoms with E-state index in [4.69, 9.17) is 5.73 Å². The highest BCUT2D eigenvalue weighted by atomic mass is 32.2. The van der Waals surface area contributed by atoms with Crippen molar-refractivity contribution in [1.82, 2.24) is 9.62 Å². The lowest BCUT2D eigenvalue weighted by Crippen LogP contribution is -2.47. The third-order valence-corrected chi connectivity index (χ3v) is 5.76. The SMILES string of the molecule is CCN1CCCC(NS(=O)(=O)c2cc(C)cc(N)c2C)C1. The number of hydrogen-bond acceptors (Lipinski definition) is 4. The largest absolute Gasteiger partial charge is 0.398 e. The van der Waals surface area contributed by atoms with Gasteiger partial charge in [0.05, 0.1) is 4.90 Å². The summed E-state index contributed by atoms with van der Waals surface area (Å²) in [5, 5.41) is 0. The predicted octanol–water partition coefficient (Wildman–Crippen LogP) is 1.65. The van der Waals surface area contributed by atoms with Crippen molar-refractivity contribution in [2.45, 2.75) is 44.6 Å². The van der Waals surface area contributed by atoms with Gasteiger partial charge in [-0.15, -0.1) is 0 Å². The fraction of sp³-hybridized carbons (Fsp3) is 0.600. The maximum atomic E-state index is 12.6. The summed E-state index contributed by atoms with van der Waals surface area (Å²) in [5.41, 5.74) is 7.90. The van der Waals surface area contributed by atoms with Crippen molar-refractivity contribution in [3.8, 4) is 0 Å². The third kappa shape index (κ3) is 3.75. The second kappa shape index (κ2) is 6.34. The van der Waals surface area contributed by atoms with Gasteiger partial charge >= 0.3 is 0 Å². The second-order valence-electron chi connectivity index (χ2n) is 5.83. The summed E-state index contributed by atoms with van der Waals surface area (Å²) in [5.74, 6) is 0. The van der Waals surface area contributed by atoms with Crippen LogP contribution in [0.3, 0.4) is 0 Å². The van der Waals surface area contributed by atoms with Crippen molar-refractivity contribution in [3.63, 3.8) is 0 Å². The Morgan fingerprint density at radius 2 is 2.10 bits per heavy atom. The van der Waals surface area contributed by atoms with Crippen LogP contribution in [-0.4, -0.2) is 39.0 Å². The molecule has 118 valence electrons. The summed E-state index contributed by atoms with van der Waals surface area (Å²) in [6.45, 7) is 8.48. The van der Waals surface area contributed by atoms with E-state index in [-0.39, 0.29) is 6.04 Å². The van der Waals surface area contributed by atoms with Crippen molar-refractivity contribution < 1.29 is 8.42 Å². The summed E-state index contributed by atoms with van der Waals surface area (Å²) < 4.78 is 28.1. The van der Waals surface area contributed by atoms with E-state index in [1.54, 1.807) is 19.1 Å². The van der Waals surface area contributed by atoms with E-state index in [0.717, 1.165) is 38.0 Å². The van der Waals surface area contributed by atoms with E-state index in [2.05, 4.69) is 16.5 Å². The zero-order valence-electron chi connectivity index (χ0n) is 13.0. The van der Waals surface area contributed by atoms with Crippen LogP contribution in [-0.2, 0) is 10.0 Å². The molecule has 0 saturated carbocycles. The Morgan fingerprint density at radius 1 is 1.38 bits per heavy atom. The Labute approximate surface area is 127 Å². The normalized spacial score (nSPS) is 20.6. The monoisotopic (exact) mass is 311 g/mol. The van der Waals surface area contributed by atoms with Crippen molar-refractivity contribution in [2.24, 2.45) is 0 Å². The number of nitrogens with zero attached hydrogens (tertiary/aromatic N) is 1. The molecule has 2 rings (SSSR count). The van der Waals surface area contributed by atoms with Crippen molar-refractivity contribution >= 4 is 15.7 Å². The molecule has 1 aliphatic rings. The van der Waals surface area contributed by atoms with Crippen LogP contribution < -0.4 is 10.5 Å². The summed E-state index contributed by atoms with van der Waals surface area (Å²) in [6, 6.07) is 3.47. The average Bonchev–Trinajstić information content (AvgIpc) is 2.42. The first-order chi connectivity index (χ1) is 9.83. The van der Waals surface area contributed by atoms with Crippen LogP contribution in [0.15, 0.2) is 17.0 Å². The molecule has 0 bridgehead atoms. The summed E-state index contributed by atoms with van der Waals surface area (Å²) in [7, 11) is -3.52. The lowest BCUT2D eigenvalue weighted by Gasteiger charge is -2.32. The van der Waals surface area contributed by atoms with Crippen molar-refractivity contribution in [1.29, 1.82) is 0 Å². The fourth-order valence-corrected chi connectivity index (χ4v) is 4.47. The molecular formula is C15H25N3O2S. The lowest BCUT2D eigenvalue weighted by molar-refractivity contribution is 0.211. The molecule has 0 aromatic heterocycles. The van der Waals surface area contributed by atoms with Crippen LogP contribution in [0.4, 0.5) is 5.69 Å². The number of aryl methyl sites for hydroxylation is 1. The number of nitrogen functional groups attached to an aromatic ring is 1. The highest BCUT2D eigenvalue weighted by Gasteiger charge is 2.26. The maximum absolute atomic E-state index is 12.6. The average molecular weight is 311 g/mol. The Kier molecular flexibility index (Phi) is 4.91. The number of nitrogens with one attached hydrogen (secondary N) is 1. The quantitative estimate of drug-likeness (QED) is 0.829. The van der Waals surface area contributed by atoms with Gasteiger partial charge in [0, 0.05) is 18.3 Å². The summed E-state index contributed by atoms with van der Waals surface area (Å²) in [4.78, 5) is 2.57. The molecule has 0 radical (unpaired) electrons. The second-order valence-corrected chi connectivity index (χ2v) is 7.51. The maximum Gasteiger partial charge on any atom is 0.241 e. The zero-order chi connectivity index (χ0) is 15.6. The van der Waals surface area contributed by atoms with Gasteiger partial charge in [0.1, 0.15) is 0 Å². The van der Waals surface area contributed by atoms with Crippen LogP contribution in [0.2, 0.25) is 0 Å². The topological polar surface area (TPSA) is 75.4 Å². The number of benzene rings is 1. The van der Waals surface area contributed by atoms with Crippen LogP contribution in [0, 0.1) is 13.8 Å². The van der Waals surface area contributed by atoms with E-state index >= 15 is 0 Å². The van der Waals surface area contributed by atoms with Gasteiger partial charge in [-0.05, 0) is 63.0 Å². The van der Waals surface area contributed by atoms with Crippen molar-refractivity contribution in [3.05, 3.63) is 23.3 Å². The Balaban J connectivity index is 2.23. The minimum atomic E-state index is -3.52. The number of likely N-dealkylation sites (N-methyl/N-ethyl adjacent to an activating group) is 1. The van der Waals surface area contributed by atoms with E-state index in [9.17, 15) is 8.42 Å². The molecule has 1 fully saturated rings. The molecule has 1 aromatic carbocycles. The van der Waals surface area contributed by atoms with Crippen LogP contribution in [0.25, 0.3) is 0 Å². The molecule has 0 spiro atoms. The molecule has 1 unspecified atom stereocenters. The third-order valence-electron chi connectivity index (χ3n) is 4.11. The molecule has 0 amide bonds. The van der Waals surface area contributed by atoms with Crippen LogP contribution in [0.5, 0.6) is 0 Å². The van der Waals surface area contributed by atoms with Gasteiger partial charge in [0.25, 0.3) is 0 Å². The van der Waals surface area contributed by atoms with Crippen LogP contribution in [0.1, 0.15) is 30.9 Å². The molecule has 1 atom stereocenters. The Hall–Kier alpha value is -1.11. The minimum absolute atomic E-state index is 0.0233.